The Morgan fingerprint density at radius 1 is 0.700 bits per heavy atom. The van der Waals surface area contributed by atoms with Gasteiger partial charge in [-0.3, -0.25) is 9.59 Å². The van der Waals surface area contributed by atoms with Gasteiger partial charge in [-0.05, 0) is 41.5 Å². The summed E-state index contributed by atoms with van der Waals surface area (Å²) in [6, 6.07) is 25.2. The summed E-state index contributed by atoms with van der Waals surface area (Å²) in [7, 11) is 0. The van der Waals surface area contributed by atoms with Gasteiger partial charge < -0.3 is 16.0 Å². The van der Waals surface area contributed by atoms with E-state index in [1.54, 1.807) is 0 Å². The first-order chi connectivity index (χ1) is 14.3. The van der Waals surface area contributed by atoms with Gasteiger partial charge in [0.15, 0.2) is 0 Å². The second kappa shape index (κ2) is 9.27. The Morgan fingerprint density at radius 2 is 1.33 bits per heavy atom. The lowest BCUT2D eigenvalue weighted by atomic mass is 9.95. The fourth-order valence-electron chi connectivity index (χ4n) is 2.79. The van der Waals surface area contributed by atoms with Crippen LogP contribution < -0.4 is 16.0 Å². The normalized spacial score (nSPS) is 10.9. The van der Waals surface area contributed by atoms with E-state index in [0.29, 0.717) is 5.69 Å². The number of hydrogen-bond donors (Lipinski definition) is 3. The van der Waals surface area contributed by atoms with Crippen molar-refractivity contribution in [1.82, 2.24) is 0 Å². The van der Waals surface area contributed by atoms with Crippen LogP contribution in [0, 0.1) is 5.41 Å². The molecule has 2 amide bonds. The SMILES string of the molecule is CC(C)(C)C(=O)Nc1cccc(NCC(=O)Nc2ccc(-c3ccccc3)cc2)c1. The maximum absolute atomic E-state index is 12.3. The average molecular weight is 402 g/mol. The quantitative estimate of drug-likeness (QED) is 0.519. The minimum atomic E-state index is -0.473. The number of benzene rings is 3. The molecule has 0 fully saturated rings. The molecule has 5 nitrogen and oxygen atoms in total. The Kier molecular flexibility index (Phi) is 6.52. The summed E-state index contributed by atoms with van der Waals surface area (Å²) in [5.41, 5.74) is 3.96. The van der Waals surface area contributed by atoms with Gasteiger partial charge in [0.05, 0.1) is 6.54 Å². The molecule has 0 bridgehead atoms. The third kappa shape index (κ3) is 5.95. The Labute approximate surface area is 177 Å². The summed E-state index contributed by atoms with van der Waals surface area (Å²) < 4.78 is 0. The lowest BCUT2D eigenvalue weighted by Crippen LogP contribution is -2.27. The van der Waals surface area contributed by atoms with E-state index in [9.17, 15) is 9.59 Å². The molecule has 0 heterocycles. The number of anilines is 3. The molecule has 0 saturated heterocycles. The zero-order valence-electron chi connectivity index (χ0n) is 17.5. The molecule has 0 saturated carbocycles. The zero-order valence-corrected chi connectivity index (χ0v) is 17.5. The molecule has 0 spiro atoms. The maximum Gasteiger partial charge on any atom is 0.243 e. The molecule has 0 unspecified atom stereocenters. The standard InChI is InChI=1S/C25H27N3O2/c1-25(2,3)24(30)28-22-11-7-10-21(16-22)26-17-23(29)27-20-14-12-19(13-15-20)18-8-5-4-6-9-18/h4-16,26H,17H2,1-3H3,(H,27,29)(H,28,30). The highest BCUT2D eigenvalue weighted by Gasteiger charge is 2.21. The largest absolute Gasteiger partial charge is 0.376 e. The van der Waals surface area contributed by atoms with Crippen LogP contribution in [0.1, 0.15) is 20.8 Å². The third-order valence-corrected chi connectivity index (χ3v) is 4.53. The number of carbonyl (C=O) groups excluding carboxylic acids is 2. The predicted octanol–water partition coefficient (Wildman–Crippen LogP) is 5.39. The van der Waals surface area contributed by atoms with Crippen molar-refractivity contribution < 1.29 is 9.59 Å². The van der Waals surface area contributed by atoms with Crippen molar-refractivity contribution in [3.8, 4) is 11.1 Å². The van der Waals surface area contributed by atoms with E-state index in [1.165, 1.54) is 0 Å². The summed E-state index contributed by atoms with van der Waals surface area (Å²) >= 11 is 0. The first kappa shape index (κ1) is 21.1. The molecule has 3 aromatic carbocycles. The minimum absolute atomic E-state index is 0.0589. The monoisotopic (exact) mass is 401 g/mol. The lowest BCUT2D eigenvalue weighted by molar-refractivity contribution is -0.123. The van der Waals surface area contributed by atoms with Gasteiger partial charge in [-0.25, -0.2) is 0 Å². The predicted molar refractivity (Wildman–Crippen MR) is 124 cm³/mol. The fraction of sp³-hybridized carbons (Fsp3) is 0.200. The second-order valence-corrected chi connectivity index (χ2v) is 8.13. The molecular weight excluding hydrogens is 374 g/mol. The maximum atomic E-state index is 12.3. The Bertz CT molecular complexity index is 1010. The van der Waals surface area contributed by atoms with Gasteiger partial charge in [-0.15, -0.1) is 0 Å². The summed E-state index contributed by atoms with van der Waals surface area (Å²) in [6.45, 7) is 5.71. The molecule has 0 atom stereocenters. The lowest BCUT2D eigenvalue weighted by Gasteiger charge is -2.18. The summed E-state index contributed by atoms with van der Waals surface area (Å²) in [5.74, 6) is -0.206. The summed E-state index contributed by atoms with van der Waals surface area (Å²) in [5, 5.41) is 8.87. The van der Waals surface area contributed by atoms with Gasteiger partial charge in [0.2, 0.25) is 11.8 Å². The van der Waals surface area contributed by atoms with E-state index in [0.717, 1.165) is 22.5 Å². The van der Waals surface area contributed by atoms with Crippen LogP contribution in [-0.4, -0.2) is 18.4 Å². The van der Waals surface area contributed by atoms with E-state index in [2.05, 4.69) is 28.1 Å². The molecular formula is C25H27N3O2. The second-order valence-electron chi connectivity index (χ2n) is 8.13. The van der Waals surface area contributed by atoms with E-state index in [-0.39, 0.29) is 18.4 Å². The van der Waals surface area contributed by atoms with E-state index in [4.69, 9.17) is 0 Å². The molecule has 3 rings (SSSR count). The Morgan fingerprint density at radius 3 is 2.00 bits per heavy atom. The first-order valence-corrected chi connectivity index (χ1v) is 9.92. The van der Waals surface area contributed by atoms with E-state index >= 15 is 0 Å². The van der Waals surface area contributed by atoms with Gasteiger partial charge in [0.25, 0.3) is 0 Å². The number of nitrogens with one attached hydrogen (secondary N) is 3. The fourth-order valence-corrected chi connectivity index (χ4v) is 2.79. The number of hydrogen-bond acceptors (Lipinski definition) is 3. The minimum Gasteiger partial charge on any atom is -0.376 e. The van der Waals surface area contributed by atoms with Crippen LogP contribution in [0.4, 0.5) is 17.1 Å². The van der Waals surface area contributed by atoms with Crippen molar-refractivity contribution >= 4 is 28.9 Å². The molecule has 0 aromatic heterocycles. The molecule has 154 valence electrons. The molecule has 0 aliphatic heterocycles. The molecule has 0 aliphatic rings. The first-order valence-electron chi connectivity index (χ1n) is 9.92. The highest BCUT2D eigenvalue weighted by atomic mass is 16.2. The van der Waals surface area contributed by atoms with Crippen LogP contribution in [0.2, 0.25) is 0 Å². The molecule has 0 aliphatic carbocycles. The summed E-state index contributed by atoms with van der Waals surface area (Å²) in [6.07, 6.45) is 0. The topological polar surface area (TPSA) is 70.2 Å². The van der Waals surface area contributed by atoms with Crippen molar-refractivity contribution in [2.24, 2.45) is 5.41 Å². The Hall–Kier alpha value is -3.60. The number of rotatable bonds is 6. The third-order valence-electron chi connectivity index (χ3n) is 4.53. The molecule has 3 aromatic rings. The Balaban J connectivity index is 1.53. The van der Waals surface area contributed by atoms with Crippen LogP contribution in [-0.2, 0) is 9.59 Å². The average Bonchev–Trinajstić information content (AvgIpc) is 2.73. The van der Waals surface area contributed by atoms with Crippen LogP contribution >= 0.6 is 0 Å². The van der Waals surface area contributed by atoms with Crippen molar-refractivity contribution in [3.05, 3.63) is 78.9 Å². The van der Waals surface area contributed by atoms with Crippen LogP contribution in [0.15, 0.2) is 78.9 Å². The molecule has 30 heavy (non-hydrogen) atoms. The van der Waals surface area contributed by atoms with Crippen LogP contribution in [0.5, 0.6) is 0 Å². The van der Waals surface area contributed by atoms with Crippen molar-refractivity contribution in [2.75, 3.05) is 22.5 Å². The van der Waals surface area contributed by atoms with Crippen molar-refractivity contribution in [1.29, 1.82) is 0 Å². The van der Waals surface area contributed by atoms with Gasteiger partial charge in [-0.2, -0.15) is 0 Å². The van der Waals surface area contributed by atoms with Gasteiger partial charge in [0, 0.05) is 22.5 Å². The number of amides is 2. The zero-order chi connectivity index (χ0) is 21.6. The molecule has 5 heteroatoms. The van der Waals surface area contributed by atoms with E-state index in [1.807, 2.05) is 87.5 Å². The van der Waals surface area contributed by atoms with Gasteiger partial charge in [0.1, 0.15) is 0 Å². The molecule has 3 N–H and O–H groups in total. The summed E-state index contributed by atoms with van der Waals surface area (Å²) in [4.78, 5) is 24.4. The van der Waals surface area contributed by atoms with Crippen molar-refractivity contribution in [3.63, 3.8) is 0 Å². The van der Waals surface area contributed by atoms with Crippen LogP contribution in [0.3, 0.4) is 0 Å². The van der Waals surface area contributed by atoms with Gasteiger partial charge >= 0.3 is 0 Å². The van der Waals surface area contributed by atoms with Crippen molar-refractivity contribution in [2.45, 2.75) is 20.8 Å². The van der Waals surface area contributed by atoms with Crippen LogP contribution in [0.25, 0.3) is 11.1 Å². The van der Waals surface area contributed by atoms with Gasteiger partial charge in [-0.1, -0.05) is 69.3 Å². The highest BCUT2D eigenvalue weighted by molar-refractivity contribution is 5.96. The number of carbonyl (C=O) groups is 2. The highest BCUT2D eigenvalue weighted by Crippen LogP contribution is 2.22. The van der Waals surface area contributed by atoms with E-state index < -0.39 is 5.41 Å². The molecule has 0 radical (unpaired) electrons. The smallest absolute Gasteiger partial charge is 0.243 e.